The summed E-state index contributed by atoms with van der Waals surface area (Å²) in [6.45, 7) is 2.45. The van der Waals surface area contributed by atoms with Gasteiger partial charge < -0.3 is 10.2 Å². The standard InChI is InChI=1S/C17H19FN2O/c1-13(14-6-4-3-5-7-14)20(2)12-17(21)19-16-10-8-15(18)9-11-16/h3-11,13H,12H2,1-2H3,(H,19,21)/p+1/t13-/m1/s1. The topological polar surface area (TPSA) is 33.5 Å². The summed E-state index contributed by atoms with van der Waals surface area (Å²) in [5.74, 6) is -0.393. The predicted molar refractivity (Wildman–Crippen MR) is 81.6 cm³/mol. The summed E-state index contributed by atoms with van der Waals surface area (Å²) in [5.41, 5.74) is 1.81. The molecule has 0 heterocycles. The van der Waals surface area contributed by atoms with Crippen LogP contribution in [0.3, 0.4) is 0 Å². The van der Waals surface area contributed by atoms with Gasteiger partial charge in [-0.2, -0.15) is 0 Å². The Hall–Kier alpha value is -2.20. The second-order valence-corrected chi connectivity index (χ2v) is 5.21. The van der Waals surface area contributed by atoms with E-state index in [0.29, 0.717) is 12.2 Å². The number of carbonyl (C=O) groups excluding carboxylic acids is 1. The van der Waals surface area contributed by atoms with E-state index < -0.39 is 0 Å². The maximum atomic E-state index is 12.8. The number of halogens is 1. The zero-order valence-electron chi connectivity index (χ0n) is 12.3. The zero-order valence-corrected chi connectivity index (χ0v) is 12.3. The maximum absolute atomic E-state index is 12.8. The van der Waals surface area contributed by atoms with Crippen molar-refractivity contribution in [3.63, 3.8) is 0 Å². The van der Waals surface area contributed by atoms with Gasteiger partial charge in [0.05, 0.1) is 7.05 Å². The number of quaternary nitrogens is 1. The van der Waals surface area contributed by atoms with Crippen molar-refractivity contribution in [3.8, 4) is 0 Å². The smallest absolute Gasteiger partial charge is 0.279 e. The molecule has 1 unspecified atom stereocenters. The lowest BCUT2D eigenvalue weighted by Crippen LogP contribution is -3.10. The maximum Gasteiger partial charge on any atom is 0.279 e. The van der Waals surface area contributed by atoms with Crippen LogP contribution in [-0.2, 0) is 4.79 Å². The number of carbonyl (C=O) groups is 1. The Balaban J connectivity index is 1.91. The van der Waals surface area contributed by atoms with Crippen molar-refractivity contribution in [2.75, 3.05) is 18.9 Å². The van der Waals surface area contributed by atoms with Crippen LogP contribution < -0.4 is 10.2 Å². The zero-order chi connectivity index (χ0) is 15.2. The largest absolute Gasteiger partial charge is 0.324 e. The van der Waals surface area contributed by atoms with Crippen LogP contribution in [0.4, 0.5) is 10.1 Å². The Morgan fingerprint density at radius 2 is 1.76 bits per heavy atom. The average Bonchev–Trinajstić information content (AvgIpc) is 2.49. The summed E-state index contributed by atoms with van der Waals surface area (Å²) >= 11 is 0. The number of likely N-dealkylation sites (N-methyl/N-ethyl adjacent to an activating group) is 1. The number of rotatable bonds is 5. The predicted octanol–water partition coefficient (Wildman–Crippen LogP) is 2.04. The van der Waals surface area contributed by atoms with Crippen molar-refractivity contribution in [1.82, 2.24) is 0 Å². The highest BCUT2D eigenvalue weighted by atomic mass is 19.1. The molecule has 3 nitrogen and oxygen atoms in total. The van der Waals surface area contributed by atoms with Gasteiger partial charge in [-0.1, -0.05) is 30.3 Å². The van der Waals surface area contributed by atoms with Crippen molar-refractivity contribution < 1.29 is 14.1 Å². The number of amides is 1. The first-order chi connectivity index (χ1) is 10.1. The molecule has 0 aliphatic carbocycles. The molecule has 2 atom stereocenters. The quantitative estimate of drug-likeness (QED) is 0.867. The summed E-state index contributed by atoms with van der Waals surface area (Å²) in [4.78, 5) is 13.1. The molecule has 0 spiro atoms. The first-order valence-corrected chi connectivity index (χ1v) is 6.99. The third kappa shape index (κ3) is 4.39. The lowest BCUT2D eigenvalue weighted by molar-refractivity contribution is -0.902. The molecule has 0 radical (unpaired) electrons. The number of hydrogen-bond acceptors (Lipinski definition) is 1. The molecule has 0 fully saturated rings. The number of benzene rings is 2. The van der Waals surface area contributed by atoms with Crippen LogP contribution in [0.5, 0.6) is 0 Å². The van der Waals surface area contributed by atoms with Gasteiger partial charge in [-0.05, 0) is 31.2 Å². The van der Waals surface area contributed by atoms with Crippen molar-refractivity contribution >= 4 is 11.6 Å². The van der Waals surface area contributed by atoms with Crippen LogP contribution in [-0.4, -0.2) is 19.5 Å². The minimum absolute atomic E-state index is 0.0816. The highest BCUT2D eigenvalue weighted by Gasteiger charge is 2.18. The van der Waals surface area contributed by atoms with E-state index >= 15 is 0 Å². The molecule has 2 aromatic carbocycles. The molecule has 0 aromatic heterocycles. The fraction of sp³-hybridized carbons (Fsp3) is 0.235. The minimum atomic E-state index is -0.312. The fourth-order valence-corrected chi connectivity index (χ4v) is 2.17. The lowest BCUT2D eigenvalue weighted by Gasteiger charge is -2.21. The SMILES string of the molecule is C[C@H](c1ccccc1)[NH+](C)CC(=O)Nc1ccc(F)cc1. The molecule has 0 saturated carbocycles. The molecule has 2 rings (SSSR count). The molecule has 2 aromatic rings. The van der Waals surface area contributed by atoms with Crippen molar-refractivity contribution in [1.29, 1.82) is 0 Å². The molecule has 110 valence electrons. The Morgan fingerprint density at radius 3 is 2.38 bits per heavy atom. The van der Waals surface area contributed by atoms with Gasteiger partial charge in [-0.25, -0.2) is 4.39 Å². The van der Waals surface area contributed by atoms with E-state index in [1.54, 1.807) is 12.1 Å². The van der Waals surface area contributed by atoms with Crippen LogP contribution in [0.15, 0.2) is 54.6 Å². The van der Waals surface area contributed by atoms with Crippen LogP contribution in [0.2, 0.25) is 0 Å². The highest BCUT2D eigenvalue weighted by Crippen LogP contribution is 2.09. The second-order valence-electron chi connectivity index (χ2n) is 5.21. The Kier molecular flexibility index (Phi) is 5.06. The molecule has 0 aliphatic rings. The van der Waals surface area contributed by atoms with Crippen molar-refractivity contribution in [2.24, 2.45) is 0 Å². The summed E-state index contributed by atoms with van der Waals surface area (Å²) in [5, 5.41) is 2.78. The summed E-state index contributed by atoms with van der Waals surface area (Å²) in [6.07, 6.45) is 0. The lowest BCUT2D eigenvalue weighted by atomic mass is 10.1. The van der Waals surface area contributed by atoms with E-state index in [0.717, 1.165) is 4.90 Å². The normalized spacial score (nSPS) is 13.5. The van der Waals surface area contributed by atoms with Gasteiger partial charge in [-0.15, -0.1) is 0 Å². The molecule has 4 heteroatoms. The third-order valence-electron chi connectivity index (χ3n) is 3.61. The fourth-order valence-electron chi connectivity index (χ4n) is 2.17. The van der Waals surface area contributed by atoms with Gasteiger partial charge in [0.25, 0.3) is 5.91 Å². The number of nitrogens with one attached hydrogen (secondary N) is 2. The monoisotopic (exact) mass is 287 g/mol. The molecule has 2 N–H and O–H groups in total. The second kappa shape index (κ2) is 6.99. The molecule has 1 amide bonds. The van der Waals surface area contributed by atoms with Crippen LogP contribution in [0, 0.1) is 5.82 Å². The van der Waals surface area contributed by atoms with Crippen LogP contribution >= 0.6 is 0 Å². The first-order valence-electron chi connectivity index (χ1n) is 6.99. The van der Waals surface area contributed by atoms with E-state index in [2.05, 4.69) is 24.4 Å². The molecule has 0 bridgehead atoms. The van der Waals surface area contributed by atoms with Crippen molar-refractivity contribution in [2.45, 2.75) is 13.0 Å². The van der Waals surface area contributed by atoms with E-state index in [9.17, 15) is 9.18 Å². The highest BCUT2D eigenvalue weighted by molar-refractivity contribution is 5.91. The van der Waals surface area contributed by atoms with Gasteiger partial charge in [0, 0.05) is 11.3 Å². The summed E-state index contributed by atoms with van der Waals surface area (Å²) < 4.78 is 12.8. The van der Waals surface area contributed by atoms with E-state index in [1.165, 1.54) is 17.7 Å². The summed E-state index contributed by atoms with van der Waals surface area (Å²) in [7, 11) is 1.99. The van der Waals surface area contributed by atoms with E-state index in [-0.39, 0.29) is 17.8 Å². The number of anilines is 1. The third-order valence-corrected chi connectivity index (χ3v) is 3.61. The van der Waals surface area contributed by atoms with Crippen LogP contribution in [0.1, 0.15) is 18.5 Å². The van der Waals surface area contributed by atoms with Crippen molar-refractivity contribution in [3.05, 3.63) is 66.0 Å². The average molecular weight is 287 g/mol. The van der Waals surface area contributed by atoms with Gasteiger partial charge >= 0.3 is 0 Å². The Morgan fingerprint density at radius 1 is 1.14 bits per heavy atom. The van der Waals surface area contributed by atoms with E-state index in [1.807, 2.05) is 25.2 Å². The van der Waals surface area contributed by atoms with Gasteiger partial charge in [0.2, 0.25) is 0 Å². The molecular weight excluding hydrogens is 267 g/mol. The van der Waals surface area contributed by atoms with E-state index in [4.69, 9.17) is 0 Å². The molecule has 0 saturated heterocycles. The van der Waals surface area contributed by atoms with Gasteiger partial charge in [0.1, 0.15) is 11.9 Å². The Bertz CT molecular complexity index is 583. The number of hydrogen-bond donors (Lipinski definition) is 2. The Labute approximate surface area is 124 Å². The molecular formula is C17H20FN2O+. The molecule has 0 aliphatic heterocycles. The minimum Gasteiger partial charge on any atom is -0.324 e. The molecule has 21 heavy (non-hydrogen) atoms. The van der Waals surface area contributed by atoms with Gasteiger partial charge in [0.15, 0.2) is 6.54 Å². The van der Waals surface area contributed by atoms with Gasteiger partial charge in [-0.3, -0.25) is 4.79 Å². The first kappa shape index (κ1) is 15.2. The van der Waals surface area contributed by atoms with Crippen LogP contribution in [0.25, 0.3) is 0 Å². The summed E-state index contributed by atoms with van der Waals surface area (Å²) in [6, 6.07) is 16.1.